The highest BCUT2D eigenvalue weighted by atomic mass is 15.6. The van der Waals surface area contributed by atoms with Gasteiger partial charge in [0.2, 0.25) is 0 Å². The van der Waals surface area contributed by atoms with Crippen molar-refractivity contribution in [2.45, 2.75) is 52.6 Å². The fraction of sp³-hybridized carbons (Fsp3) is 0.667. The summed E-state index contributed by atoms with van der Waals surface area (Å²) in [7, 11) is 0. The van der Waals surface area contributed by atoms with Gasteiger partial charge in [0.05, 0.1) is 0 Å². The van der Waals surface area contributed by atoms with E-state index in [-0.39, 0.29) is 0 Å². The number of rotatable bonds is 7. The van der Waals surface area contributed by atoms with Crippen molar-refractivity contribution in [3.63, 3.8) is 0 Å². The Morgan fingerprint density at radius 2 is 1.28 bits per heavy atom. The number of aryl methyl sites for hydroxylation is 2. The van der Waals surface area contributed by atoms with Crippen LogP contribution in [-0.4, -0.2) is 19.5 Å². The predicted octanol–water partition coefficient (Wildman–Crippen LogP) is 0.566. The maximum atomic E-state index is 4.32. The van der Waals surface area contributed by atoms with E-state index in [0.717, 1.165) is 25.9 Å². The van der Waals surface area contributed by atoms with E-state index in [0.29, 0.717) is 0 Å². The molecule has 2 aromatic rings. The zero-order valence-corrected chi connectivity index (χ0v) is 11.2. The van der Waals surface area contributed by atoms with Crippen molar-refractivity contribution in [2.24, 2.45) is 0 Å². The number of nitrogens with zero attached hydrogens (tertiary/aromatic N) is 6. The lowest BCUT2D eigenvalue weighted by molar-refractivity contribution is -0.754. The summed E-state index contributed by atoms with van der Waals surface area (Å²) in [5.74, 6) is 0. The van der Waals surface area contributed by atoms with Crippen LogP contribution in [0.25, 0.3) is 0 Å². The molecule has 0 atom stereocenters. The molecule has 2 heterocycles. The lowest BCUT2D eigenvalue weighted by Crippen LogP contribution is -2.36. The molecule has 0 aliphatic rings. The van der Waals surface area contributed by atoms with Crippen molar-refractivity contribution < 1.29 is 9.36 Å². The fourth-order valence-corrected chi connectivity index (χ4v) is 1.74. The van der Waals surface area contributed by atoms with Crippen LogP contribution in [0.1, 0.15) is 39.5 Å². The van der Waals surface area contributed by atoms with Crippen molar-refractivity contribution >= 4 is 0 Å². The molecule has 0 unspecified atom stereocenters. The molecule has 0 aliphatic heterocycles. The van der Waals surface area contributed by atoms with Gasteiger partial charge < -0.3 is 0 Å². The smallest absolute Gasteiger partial charge is 0.133 e. The SMILES string of the molecule is CCCC[n+]1cn(-n2cn[n+](CCCC)c2)cn1. The summed E-state index contributed by atoms with van der Waals surface area (Å²) in [5, 5.41) is 8.65. The lowest BCUT2D eigenvalue weighted by atomic mass is 10.3. The minimum Gasteiger partial charge on any atom is -0.133 e. The monoisotopic (exact) mass is 250 g/mol. The van der Waals surface area contributed by atoms with Crippen molar-refractivity contribution in [2.75, 3.05) is 0 Å². The molecule has 98 valence electrons. The second kappa shape index (κ2) is 6.28. The lowest BCUT2D eigenvalue weighted by Gasteiger charge is -1.89. The van der Waals surface area contributed by atoms with Crippen LogP contribution in [0.5, 0.6) is 0 Å². The van der Waals surface area contributed by atoms with Gasteiger partial charge in [0.15, 0.2) is 0 Å². The summed E-state index contributed by atoms with van der Waals surface area (Å²) in [6.45, 7) is 6.30. The Kier molecular flexibility index (Phi) is 4.44. The van der Waals surface area contributed by atoms with Crippen LogP contribution in [0.2, 0.25) is 0 Å². The van der Waals surface area contributed by atoms with Crippen LogP contribution >= 0.6 is 0 Å². The molecule has 0 aliphatic carbocycles. The van der Waals surface area contributed by atoms with Gasteiger partial charge in [-0.05, 0) is 32.4 Å². The van der Waals surface area contributed by atoms with Gasteiger partial charge in [-0.15, -0.1) is 9.36 Å². The van der Waals surface area contributed by atoms with Crippen LogP contribution < -0.4 is 9.36 Å². The first-order chi connectivity index (χ1) is 8.83. The van der Waals surface area contributed by atoms with Crippen molar-refractivity contribution in [1.29, 1.82) is 0 Å². The molecule has 18 heavy (non-hydrogen) atoms. The van der Waals surface area contributed by atoms with Gasteiger partial charge in [0.25, 0.3) is 12.7 Å². The van der Waals surface area contributed by atoms with Gasteiger partial charge in [-0.25, -0.2) is 0 Å². The third kappa shape index (κ3) is 3.15. The second-order valence-electron chi connectivity index (χ2n) is 4.49. The second-order valence-corrected chi connectivity index (χ2v) is 4.49. The molecule has 0 saturated heterocycles. The summed E-state index contributed by atoms with van der Waals surface area (Å²) >= 11 is 0. The van der Waals surface area contributed by atoms with Crippen LogP contribution in [0.4, 0.5) is 0 Å². The van der Waals surface area contributed by atoms with Crippen molar-refractivity contribution in [3.8, 4) is 0 Å². The van der Waals surface area contributed by atoms with Gasteiger partial charge in [0.1, 0.15) is 13.1 Å². The highest BCUT2D eigenvalue weighted by Crippen LogP contribution is 1.89. The average molecular weight is 250 g/mol. The number of aromatic nitrogens is 6. The summed E-state index contributed by atoms with van der Waals surface area (Å²) in [6, 6.07) is 0. The predicted molar refractivity (Wildman–Crippen MR) is 65.5 cm³/mol. The quantitative estimate of drug-likeness (QED) is 0.674. The first kappa shape index (κ1) is 12.7. The summed E-state index contributed by atoms with van der Waals surface area (Å²) in [6.07, 6.45) is 12.3. The molecule has 0 N–H and O–H groups in total. The summed E-state index contributed by atoms with van der Waals surface area (Å²) in [4.78, 5) is 0. The third-order valence-corrected chi connectivity index (χ3v) is 2.89. The first-order valence-corrected chi connectivity index (χ1v) is 6.71. The molecule has 6 nitrogen and oxygen atoms in total. The Morgan fingerprint density at radius 3 is 1.67 bits per heavy atom. The fourth-order valence-electron chi connectivity index (χ4n) is 1.74. The maximum absolute atomic E-state index is 4.32. The molecule has 0 radical (unpaired) electrons. The van der Waals surface area contributed by atoms with E-state index in [1.165, 1.54) is 12.8 Å². The van der Waals surface area contributed by atoms with Crippen molar-refractivity contribution in [3.05, 3.63) is 25.3 Å². The minimum absolute atomic E-state index is 0.966. The van der Waals surface area contributed by atoms with E-state index >= 15 is 0 Å². The van der Waals surface area contributed by atoms with Crippen LogP contribution in [0.15, 0.2) is 25.3 Å². The van der Waals surface area contributed by atoms with E-state index in [1.54, 1.807) is 0 Å². The molecule has 0 fully saturated rings. The Bertz CT molecular complexity index is 428. The standard InChI is InChI=1S/C12H22N6/c1-3-5-7-15-11-17(9-13-15)18-10-14-16(12-18)8-6-4-2/h9-12H,3-8H2,1-2H3/q+2. The van der Waals surface area contributed by atoms with E-state index in [4.69, 9.17) is 0 Å². The van der Waals surface area contributed by atoms with Crippen LogP contribution in [0.3, 0.4) is 0 Å². The number of hydrogen-bond acceptors (Lipinski definition) is 2. The van der Waals surface area contributed by atoms with Crippen molar-refractivity contribution in [1.82, 2.24) is 19.5 Å². The topological polar surface area (TPSA) is 43.4 Å². The molecule has 0 saturated carbocycles. The highest BCUT2D eigenvalue weighted by molar-refractivity contribution is 4.61. The van der Waals surface area contributed by atoms with Crippen LogP contribution in [-0.2, 0) is 13.1 Å². The summed E-state index contributed by atoms with van der Waals surface area (Å²) in [5.41, 5.74) is 0. The van der Waals surface area contributed by atoms with E-state index in [1.807, 2.05) is 44.0 Å². The van der Waals surface area contributed by atoms with Gasteiger partial charge in [-0.1, -0.05) is 26.7 Å². The molecule has 2 aromatic heterocycles. The normalized spacial score (nSPS) is 11.0. The van der Waals surface area contributed by atoms with Gasteiger partial charge in [-0.3, -0.25) is 0 Å². The summed E-state index contributed by atoms with van der Waals surface area (Å²) < 4.78 is 7.79. The van der Waals surface area contributed by atoms with E-state index < -0.39 is 0 Å². The molecular formula is C12H22N6+2. The van der Waals surface area contributed by atoms with Gasteiger partial charge in [0, 0.05) is 0 Å². The molecule has 0 amide bonds. The van der Waals surface area contributed by atoms with E-state index in [2.05, 4.69) is 24.0 Å². The van der Waals surface area contributed by atoms with Gasteiger partial charge >= 0.3 is 12.7 Å². The molecule has 0 aromatic carbocycles. The Hall–Kier alpha value is -1.72. The third-order valence-electron chi connectivity index (χ3n) is 2.89. The largest absolute Gasteiger partial charge is 0.308 e. The molecular weight excluding hydrogens is 228 g/mol. The first-order valence-electron chi connectivity index (χ1n) is 6.71. The highest BCUT2D eigenvalue weighted by Gasteiger charge is 2.13. The molecule has 0 spiro atoms. The Balaban J connectivity index is 2.01. The minimum atomic E-state index is 0.966. The van der Waals surface area contributed by atoms with Crippen LogP contribution in [0, 0.1) is 0 Å². The van der Waals surface area contributed by atoms with E-state index in [9.17, 15) is 0 Å². The zero-order valence-electron chi connectivity index (χ0n) is 11.2. The zero-order chi connectivity index (χ0) is 12.8. The Morgan fingerprint density at radius 1 is 0.833 bits per heavy atom. The number of unbranched alkanes of at least 4 members (excludes halogenated alkanes) is 2. The number of hydrogen-bond donors (Lipinski definition) is 0. The maximum Gasteiger partial charge on any atom is 0.308 e. The average Bonchev–Trinajstić information content (AvgIpc) is 3.02. The van der Waals surface area contributed by atoms with Gasteiger partial charge in [-0.2, -0.15) is 0 Å². The Labute approximate surface area is 107 Å². The molecule has 6 heteroatoms. The molecule has 2 rings (SSSR count). The molecule has 0 bridgehead atoms.